The van der Waals surface area contributed by atoms with Gasteiger partial charge in [0.05, 0.1) is 49.2 Å². The molecule has 0 aromatic carbocycles. The van der Waals surface area contributed by atoms with Crippen LogP contribution in [0.3, 0.4) is 0 Å². The van der Waals surface area contributed by atoms with E-state index in [4.69, 9.17) is 9.47 Å². The highest BCUT2D eigenvalue weighted by Crippen LogP contribution is 2.36. The van der Waals surface area contributed by atoms with Gasteiger partial charge in [0, 0.05) is 25.8 Å². The first-order chi connectivity index (χ1) is 19.5. The van der Waals surface area contributed by atoms with Crippen molar-refractivity contribution in [2.45, 2.75) is 57.4 Å². The van der Waals surface area contributed by atoms with Crippen molar-refractivity contribution in [1.29, 1.82) is 0 Å². The van der Waals surface area contributed by atoms with Crippen molar-refractivity contribution < 1.29 is 24.5 Å². The van der Waals surface area contributed by atoms with E-state index in [1.807, 2.05) is 0 Å². The molecule has 4 heterocycles. The Kier molecular flexibility index (Phi) is 8.97. The second-order valence-corrected chi connectivity index (χ2v) is 11.2. The maximum absolute atomic E-state index is 14.5. The molecule has 2 unspecified atom stereocenters. The van der Waals surface area contributed by atoms with Crippen molar-refractivity contribution in [3.05, 3.63) is 63.3 Å². The van der Waals surface area contributed by atoms with Crippen LogP contribution in [0.1, 0.15) is 38.3 Å². The fourth-order valence-electron chi connectivity index (χ4n) is 5.05. The number of carbonyl (C=O) groups excluding carboxylic acids is 1. The zero-order valence-electron chi connectivity index (χ0n) is 23.8. The first kappa shape index (κ1) is 30.4. The van der Waals surface area contributed by atoms with Crippen LogP contribution in [-0.4, -0.2) is 91.3 Å². The van der Waals surface area contributed by atoms with Crippen LogP contribution in [0.5, 0.6) is 0 Å². The number of aliphatic hydroxyl groups is 2. The molecule has 2 N–H and O–H groups in total. The first-order valence-corrected chi connectivity index (χ1v) is 14.0. The van der Waals surface area contributed by atoms with E-state index in [9.17, 15) is 24.6 Å². The number of ether oxygens (including phenoxy) is 2. The Bertz CT molecular complexity index is 1570. The molecular weight excluding hydrogens is 552 g/mol. The zero-order chi connectivity index (χ0) is 30.1. The molecule has 4 rings (SSSR count). The SMILES string of the molecule is C=C/C(=C\C(C)([C@@H](C)OCCC(O)CO)n1c(=O)n([C@H]2CCN(C)C2=O)c(=O)c2c(C)c(-n3nccn3)sc21)OC. The summed E-state index contributed by atoms with van der Waals surface area (Å²) in [6.45, 7) is 9.18. The average molecular weight is 589 g/mol. The summed E-state index contributed by atoms with van der Waals surface area (Å²) in [7, 11) is 3.11. The summed E-state index contributed by atoms with van der Waals surface area (Å²) in [5, 5.41) is 28.3. The highest BCUT2D eigenvalue weighted by Gasteiger charge is 2.41. The molecular formula is C27H36N6O7S. The van der Waals surface area contributed by atoms with E-state index in [0.29, 0.717) is 34.1 Å². The molecule has 0 bridgehead atoms. The number of aromatic nitrogens is 5. The lowest BCUT2D eigenvalue weighted by Crippen LogP contribution is -2.53. The molecule has 1 aliphatic rings. The third kappa shape index (κ3) is 5.39. The van der Waals surface area contributed by atoms with E-state index in [2.05, 4.69) is 16.8 Å². The van der Waals surface area contributed by atoms with Gasteiger partial charge >= 0.3 is 5.69 Å². The van der Waals surface area contributed by atoms with Crippen molar-refractivity contribution in [3.8, 4) is 5.00 Å². The summed E-state index contributed by atoms with van der Waals surface area (Å²) in [6, 6.07) is -0.966. The molecule has 222 valence electrons. The average Bonchev–Trinajstić information content (AvgIpc) is 3.68. The van der Waals surface area contributed by atoms with Crippen LogP contribution in [0.15, 0.2) is 46.5 Å². The van der Waals surface area contributed by atoms with Gasteiger partial charge in [0.2, 0.25) is 5.91 Å². The number of likely N-dealkylation sites (tertiary alicyclic amines) is 1. The van der Waals surface area contributed by atoms with Gasteiger partial charge in [-0.1, -0.05) is 17.9 Å². The largest absolute Gasteiger partial charge is 0.497 e. The minimum atomic E-state index is -1.28. The molecule has 3 aromatic rings. The Balaban J connectivity index is 2.07. The molecule has 41 heavy (non-hydrogen) atoms. The molecule has 1 saturated heterocycles. The van der Waals surface area contributed by atoms with E-state index in [-0.39, 0.29) is 24.3 Å². The van der Waals surface area contributed by atoms with E-state index < -0.39 is 41.6 Å². The number of hydrogen-bond donors (Lipinski definition) is 2. The molecule has 0 radical (unpaired) electrons. The molecule has 1 fully saturated rings. The summed E-state index contributed by atoms with van der Waals surface area (Å²) in [5.41, 5.74) is -1.96. The molecule has 1 aliphatic heterocycles. The molecule has 0 saturated carbocycles. The number of thiophene rings is 1. The highest BCUT2D eigenvalue weighted by molar-refractivity contribution is 7.21. The van der Waals surface area contributed by atoms with Gasteiger partial charge in [-0.2, -0.15) is 10.2 Å². The molecule has 3 aromatic heterocycles. The topological polar surface area (TPSA) is 154 Å². The number of carbonyl (C=O) groups is 1. The molecule has 13 nitrogen and oxygen atoms in total. The standard InChI is InChI=1S/C27H36N6O7S/c1-7-19(39-6)14-27(4,17(3)40-13-9-18(35)15-34)32-25-21(16(2)24(41-25)33-28-10-11-29-33)23(37)31(26(32)38)20-8-12-30(5)22(20)36/h7,10-11,14,17-18,20,34-35H,1,8-9,12-13,15H2,2-6H3/b19-14+/t17-,18?,20+,27?/m1/s1. The molecule has 4 atom stereocenters. The smallest absolute Gasteiger partial charge is 0.333 e. The third-order valence-corrected chi connectivity index (χ3v) is 8.90. The minimum absolute atomic E-state index is 0.0814. The fraction of sp³-hybridized carbons (Fsp3) is 0.519. The van der Waals surface area contributed by atoms with Crippen LogP contribution in [0.2, 0.25) is 0 Å². The van der Waals surface area contributed by atoms with Crippen molar-refractivity contribution >= 4 is 27.5 Å². The summed E-state index contributed by atoms with van der Waals surface area (Å²) < 4.78 is 14.1. The molecule has 1 amide bonds. The van der Waals surface area contributed by atoms with Gasteiger partial charge in [-0.25, -0.2) is 9.36 Å². The number of aliphatic hydroxyl groups excluding tert-OH is 2. The lowest BCUT2D eigenvalue weighted by molar-refractivity contribution is -0.129. The van der Waals surface area contributed by atoms with Gasteiger partial charge in [-0.15, -0.1) is 4.80 Å². The first-order valence-electron chi connectivity index (χ1n) is 13.2. The Morgan fingerprint density at radius 1 is 1.32 bits per heavy atom. The maximum Gasteiger partial charge on any atom is 0.333 e. The van der Waals surface area contributed by atoms with Crippen molar-refractivity contribution in [2.75, 3.05) is 33.9 Å². The van der Waals surface area contributed by atoms with Gasteiger partial charge in [-0.05, 0) is 45.8 Å². The number of allylic oxidation sites excluding steroid dienone is 1. The summed E-state index contributed by atoms with van der Waals surface area (Å²) in [4.78, 5) is 44.9. The number of methoxy groups -OCH3 is 1. The number of rotatable bonds is 12. The van der Waals surface area contributed by atoms with Gasteiger partial charge in [0.1, 0.15) is 21.6 Å². The van der Waals surface area contributed by atoms with Crippen LogP contribution in [0, 0.1) is 6.92 Å². The summed E-state index contributed by atoms with van der Waals surface area (Å²) in [6.07, 6.45) is 5.00. The Morgan fingerprint density at radius 3 is 2.56 bits per heavy atom. The van der Waals surface area contributed by atoms with Gasteiger partial charge < -0.3 is 24.6 Å². The third-order valence-electron chi connectivity index (χ3n) is 7.65. The van der Waals surface area contributed by atoms with Crippen LogP contribution < -0.4 is 11.2 Å². The predicted molar refractivity (Wildman–Crippen MR) is 153 cm³/mol. The Hall–Kier alpha value is -3.59. The minimum Gasteiger partial charge on any atom is -0.497 e. The monoisotopic (exact) mass is 588 g/mol. The van der Waals surface area contributed by atoms with Gasteiger partial charge in [0.25, 0.3) is 5.56 Å². The van der Waals surface area contributed by atoms with E-state index >= 15 is 0 Å². The normalized spacial score (nSPS) is 19.0. The fourth-order valence-corrected chi connectivity index (χ4v) is 6.37. The van der Waals surface area contributed by atoms with Gasteiger partial charge in [-0.3, -0.25) is 14.2 Å². The van der Waals surface area contributed by atoms with Crippen LogP contribution in [0.4, 0.5) is 0 Å². The Labute approximate surface area is 240 Å². The van der Waals surface area contributed by atoms with Gasteiger partial charge in [0.15, 0.2) is 0 Å². The zero-order valence-corrected chi connectivity index (χ0v) is 24.6. The maximum atomic E-state index is 14.5. The molecule has 0 spiro atoms. The quantitative estimate of drug-likeness (QED) is 0.234. The lowest BCUT2D eigenvalue weighted by Gasteiger charge is -2.36. The van der Waals surface area contributed by atoms with Crippen LogP contribution in [0.25, 0.3) is 15.2 Å². The second kappa shape index (κ2) is 12.1. The number of hydrogen-bond acceptors (Lipinski definition) is 10. The van der Waals surface area contributed by atoms with E-state index in [0.717, 1.165) is 4.57 Å². The number of likely N-dealkylation sites (N-methyl/N-ethyl adjacent to an activating group) is 1. The summed E-state index contributed by atoms with van der Waals surface area (Å²) in [5.74, 6) is 0.0372. The van der Waals surface area contributed by atoms with E-state index in [1.54, 1.807) is 33.9 Å². The van der Waals surface area contributed by atoms with E-state index in [1.165, 1.54) is 51.2 Å². The van der Waals surface area contributed by atoms with Crippen molar-refractivity contribution in [2.24, 2.45) is 0 Å². The number of fused-ring (bicyclic) bond motifs is 1. The highest BCUT2D eigenvalue weighted by atomic mass is 32.1. The molecule has 14 heteroatoms. The number of amides is 1. The predicted octanol–water partition coefficient (Wildman–Crippen LogP) is 1.10. The molecule has 0 aliphatic carbocycles. The second-order valence-electron chi connectivity index (χ2n) is 10.2. The van der Waals surface area contributed by atoms with Crippen LogP contribution >= 0.6 is 11.3 Å². The number of aryl methyl sites for hydroxylation is 1. The van der Waals surface area contributed by atoms with Crippen molar-refractivity contribution in [3.63, 3.8) is 0 Å². The number of nitrogens with zero attached hydrogens (tertiary/aromatic N) is 6. The summed E-state index contributed by atoms with van der Waals surface area (Å²) >= 11 is 1.18. The lowest BCUT2D eigenvalue weighted by atomic mass is 9.93. The van der Waals surface area contributed by atoms with Crippen LogP contribution in [-0.2, 0) is 19.8 Å². The van der Waals surface area contributed by atoms with Crippen molar-refractivity contribution in [1.82, 2.24) is 29.0 Å². The Morgan fingerprint density at radius 2 is 2.00 bits per heavy atom.